The molecule has 4 aromatic rings. The molecule has 0 fully saturated rings. The van der Waals surface area contributed by atoms with Gasteiger partial charge in [-0.15, -0.1) is 0 Å². The molecule has 0 saturated heterocycles. The molecule has 2 aliphatic rings. The lowest BCUT2D eigenvalue weighted by atomic mass is 9.61. The number of ether oxygens (including phenoxy) is 1. The van der Waals surface area contributed by atoms with Gasteiger partial charge in [-0.1, -0.05) is 19.9 Å². The Bertz CT molecular complexity index is 1550. The van der Waals surface area contributed by atoms with Crippen molar-refractivity contribution in [2.75, 3.05) is 0 Å². The zero-order chi connectivity index (χ0) is 22.6. The summed E-state index contributed by atoms with van der Waals surface area (Å²) >= 11 is 0. The third kappa shape index (κ3) is 2.33. The molecular weight excluding hydrogens is 412 g/mol. The maximum atomic E-state index is 13.0. The first-order valence-corrected chi connectivity index (χ1v) is 10.6. The van der Waals surface area contributed by atoms with Crippen LogP contribution in [0.25, 0.3) is 33.1 Å². The maximum Gasteiger partial charge on any atom is 0.224 e. The number of phenolic OH excluding ortho intramolecular Hbond substituents is 2. The van der Waals surface area contributed by atoms with Crippen molar-refractivity contribution in [2.45, 2.75) is 39.2 Å². The van der Waals surface area contributed by atoms with E-state index in [0.717, 1.165) is 12.5 Å². The van der Waals surface area contributed by atoms with Crippen molar-refractivity contribution in [1.29, 1.82) is 0 Å². The van der Waals surface area contributed by atoms with Crippen LogP contribution in [-0.4, -0.2) is 20.9 Å². The van der Waals surface area contributed by atoms with E-state index in [4.69, 9.17) is 13.6 Å². The predicted octanol–water partition coefficient (Wildman–Crippen LogP) is 5.11. The van der Waals surface area contributed by atoms with Crippen molar-refractivity contribution < 1.29 is 28.9 Å². The molecule has 0 bridgehead atoms. The number of rotatable bonds is 0. The van der Waals surface area contributed by atoms with Crippen LogP contribution in [0.15, 0.2) is 44.0 Å². The van der Waals surface area contributed by atoms with Crippen LogP contribution in [-0.2, 0) is 6.42 Å². The Kier molecular flexibility index (Phi) is 3.46. The summed E-state index contributed by atoms with van der Waals surface area (Å²) in [5, 5.41) is 31.5. The second-order valence-corrected chi connectivity index (χ2v) is 9.74. The van der Waals surface area contributed by atoms with Gasteiger partial charge in [0.15, 0.2) is 17.1 Å². The smallest absolute Gasteiger partial charge is 0.224 e. The van der Waals surface area contributed by atoms with Gasteiger partial charge in [0.2, 0.25) is 11.0 Å². The second-order valence-electron chi connectivity index (χ2n) is 9.74. The SMILES string of the molecule is CC1(C)CC=C[C@]2(C)Oc3c(c4c(cc3=O)oc3c(O)c5c(O)cc(O)cc5oc34)C[C@@H]12. The van der Waals surface area contributed by atoms with Crippen LogP contribution in [0.3, 0.4) is 0 Å². The van der Waals surface area contributed by atoms with Gasteiger partial charge in [-0.3, -0.25) is 4.79 Å². The lowest BCUT2D eigenvalue weighted by molar-refractivity contribution is -0.0181. The summed E-state index contributed by atoms with van der Waals surface area (Å²) in [6, 6.07) is 3.76. The largest absolute Gasteiger partial charge is 0.508 e. The minimum Gasteiger partial charge on any atom is -0.508 e. The summed E-state index contributed by atoms with van der Waals surface area (Å²) in [7, 11) is 0. The van der Waals surface area contributed by atoms with E-state index in [-0.39, 0.29) is 67.5 Å². The molecule has 3 heterocycles. The van der Waals surface area contributed by atoms with Crippen LogP contribution in [0.4, 0.5) is 0 Å². The molecule has 1 aliphatic heterocycles. The molecule has 0 unspecified atom stereocenters. The molecule has 2 aromatic heterocycles. The summed E-state index contributed by atoms with van der Waals surface area (Å²) in [6.45, 7) is 6.38. The van der Waals surface area contributed by atoms with E-state index in [1.165, 1.54) is 12.1 Å². The van der Waals surface area contributed by atoms with Crippen LogP contribution < -0.4 is 10.2 Å². The normalized spacial score (nSPS) is 23.9. The van der Waals surface area contributed by atoms with Gasteiger partial charge in [-0.2, -0.15) is 0 Å². The van der Waals surface area contributed by atoms with Crippen molar-refractivity contribution in [3.63, 3.8) is 0 Å². The zero-order valence-electron chi connectivity index (χ0n) is 17.9. The van der Waals surface area contributed by atoms with E-state index in [9.17, 15) is 20.1 Å². The predicted molar refractivity (Wildman–Crippen MR) is 119 cm³/mol. The van der Waals surface area contributed by atoms with E-state index in [2.05, 4.69) is 19.9 Å². The molecule has 3 N–H and O–H groups in total. The summed E-state index contributed by atoms with van der Waals surface area (Å²) in [4.78, 5) is 13.0. The highest BCUT2D eigenvalue weighted by Crippen LogP contribution is 2.52. The highest BCUT2D eigenvalue weighted by Gasteiger charge is 2.50. The van der Waals surface area contributed by atoms with Gasteiger partial charge in [0.25, 0.3) is 0 Å². The third-order valence-corrected chi connectivity index (χ3v) is 7.14. The standard InChI is InChI=1S/C25H22O7/c1-24(2)5-4-6-25(3)17(24)9-12-18-16(10-14(28)21(12)32-25)31-23-20(29)19-13(27)7-11(26)8-15(19)30-22(18)23/h4,6-8,10,17,26-27,29H,5,9H2,1-3H3/t17-,25-/m0/s1. The first-order chi connectivity index (χ1) is 15.1. The fourth-order valence-electron chi connectivity index (χ4n) is 5.59. The number of allylic oxidation sites excluding steroid dienone is 1. The number of furan rings is 1. The quantitative estimate of drug-likeness (QED) is 0.330. The van der Waals surface area contributed by atoms with Gasteiger partial charge in [0.05, 0.1) is 5.39 Å². The molecule has 0 radical (unpaired) electrons. The number of hydrogen-bond donors (Lipinski definition) is 3. The summed E-state index contributed by atoms with van der Waals surface area (Å²) in [5.41, 5.74) is 0.354. The van der Waals surface area contributed by atoms with Crippen molar-refractivity contribution in [1.82, 2.24) is 0 Å². The van der Waals surface area contributed by atoms with Crippen LogP contribution in [0, 0.1) is 11.3 Å². The summed E-state index contributed by atoms with van der Waals surface area (Å²) < 4.78 is 18.2. The second kappa shape index (κ2) is 5.79. The Hall–Kier alpha value is -3.61. The molecule has 0 spiro atoms. The average molecular weight is 434 g/mol. The molecule has 164 valence electrons. The number of phenols is 2. The monoisotopic (exact) mass is 434 g/mol. The van der Waals surface area contributed by atoms with E-state index in [1.54, 1.807) is 0 Å². The highest BCUT2D eigenvalue weighted by molar-refractivity contribution is 6.11. The Labute approximate surface area is 182 Å². The number of benzene rings is 2. The maximum absolute atomic E-state index is 13.0. The molecular formula is C25H22O7. The van der Waals surface area contributed by atoms with Gasteiger partial charge in [-0.05, 0) is 31.3 Å². The van der Waals surface area contributed by atoms with Crippen LogP contribution in [0.1, 0.15) is 32.8 Å². The number of hydrogen-bond acceptors (Lipinski definition) is 7. The summed E-state index contributed by atoms with van der Waals surface area (Å²) in [6.07, 6.45) is 5.62. The molecule has 7 heteroatoms. The number of aromatic hydroxyl groups is 3. The first-order valence-electron chi connectivity index (χ1n) is 10.6. The average Bonchev–Trinajstić information content (AvgIpc) is 3.05. The van der Waals surface area contributed by atoms with Crippen molar-refractivity contribution in [3.05, 3.63) is 46.1 Å². The van der Waals surface area contributed by atoms with Crippen molar-refractivity contribution >= 4 is 33.1 Å². The van der Waals surface area contributed by atoms with Crippen LogP contribution in [0.2, 0.25) is 0 Å². The lowest BCUT2D eigenvalue weighted by Gasteiger charge is -2.50. The third-order valence-electron chi connectivity index (χ3n) is 7.14. The van der Waals surface area contributed by atoms with Crippen molar-refractivity contribution in [2.24, 2.45) is 11.3 Å². The Morgan fingerprint density at radius 3 is 2.47 bits per heavy atom. The van der Waals surface area contributed by atoms with E-state index in [1.807, 2.05) is 13.0 Å². The van der Waals surface area contributed by atoms with Gasteiger partial charge < -0.3 is 28.9 Å². The molecule has 2 atom stereocenters. The fraction of sp³-hybridized carbons (Fsp3) is 0.320. The van der Waals surface area contributed by atoms with Crippen LogP contribution >= 0.6 is 0 Å². The fourth-order valence-corrected chi connectivity index (χ4v) is 5.59. The van der Waals surface area contributed by atoms with E-state index >= 15 is 0 Å². The van der Waals surface area contributed by atoms with Gasteiger partial charge in [0.1, 0.15) is 33.7 Å². The Morgan fingerprint density at radius 1 is 0.969 bits per heavy atom. The molecule has 6 rings (SSSR count). The van der Waals surface area contributed by atoms with E-state index in [0.29, 0.717) is 17.4 Å². The van der Waals surface area contributed by atoms with Gasteiger partial charge >= 0.3 is 0 Å². The van der Waals surface area contributed by atoms with Crippen molar-refractivity contribution in [3.8, 4) is 23.0 Å². The van der Waals surface area contributed by atoms with Gasteiger partial charge in [0, 0.05) is 29.7 Å². The molecule has 2 aromatic carbocycles. The molecule has 0 amide bonds. The Balaban J connectivity index is 1.72. The first kappa shape index (κ1) is 19.1. The lowest BCUT2D eigenvalue weighted by Crippen LogP contribution is -2.52. The number of fused-ring (bicyclic) bond motifs is 7. The molecule has 7 nitrogen and oxygen atoms in total. The van der Waals surface area contributed by atoms with Gasteiger partial charge in [-0.25, -0.2) is 0 Å². The molecule has 1 aliphatic carbocycles. The summed E-state index contributed by atoms with van der Waals surface area (Å²) in [5.74, 6) is -0.507. The minimum atomic E-state index is -0.606. The topological polar surface area (TPSA) is 113 Å². The van der Waals surface area contributed by atoms with E-state index < -0.39 is 5.60 Å². The molecule has 0 saturated carbocycles. The minimum absolute atomic E-state index is 0.0212. The van der Waals surface area contributed by atoms with Crippen LogP contribution in [0.5, 0.6) is 23.0 Å². The highest BCUT2D eigenvalue weighted by atomic mass is 16.5. The molecule has 32 heavy (non-hydrogen) atoms. The Morgan fingerprint density at radius 2 is 1.69 bits per heavy atom. The zero-order valence-corrected chi connectivity index (χ0v) is 17.9.